The number of aliphatic carboxylic acids is 1. The van der Waals surface area contributed by atoms with Crippen molar-refractivity contribution in [3.8, 4) is 11.4 Å². The van der Waals surface area contributed by atoms with E-state index in [2.05, 4.69) is 25.7 Å². The summed E-state index contributed by atoms with van der Waals surface area (Å²) >= 11 is 0. The van der Waals surface area contributed by atoms with Crippen LogP contribution in [0.3, 0.4) is 0 Å². The summed E-state index contributed by atoms with van der Waals surface area (Å²) < 4.78 is 0. The van der Waals surface area contributed by atoms with Gasteiger partial charge in [-0.15, -0.1) is 20.4 Å². The molecule has 1 aromatic heterocycles. The normalized spacial score (nSPS) is 10.2. The molecule has 7 heteroatoms. The third-order valence-corrected chi connectivity index (χ3v) is 2.23. The van der Waals surface area contributed by atoms with Gasteiger partial charge in [0, 0.05) is 12.1 Å². The molecule has 0 saturated heterocycles. The van der Waals surface area contributed by atoms with Crippen LogP contribution < -0.4 is 5.32 Å². The highest BCUT2D eigenvalue weighted by atomic mass is 16.4. The summed E-state index contributed by atoms with van der Waals surface area (Å²) in [6.07, 6.45) is 1.27. The monoisotopic (exact) mass is 245 g/mol. The summed E-state index contributed by atoms with van der Waals surface area (Å²) in [4.78, 5) is 10.3. The topological polar surface area (TPSA) is 101 Å². The van der Waals surface area contributed by atoms with Gasteiger partial charge in [0.15, 0.2) is 6.33 Å². The molecule has 2 N–H and O–H groups in total. The molecule has 0 spiro atoms. The van der Waals surface area contributed by atoms with Crippen molar-refractivity contribution in [2.45, 2.75) is 6.54 Å². The Balaban J connectivity index is 2.00. The molecule has 18 heavy (non-hydrogen) atoms. The van der Waals surface area contributed by atoms with Crippen LogP contribution in [0.1, 0.15) is 5.56 Å². The van der Waals surface area contributed by atoms with Gasteiger partial charge in [0.2, 0.25) is 5.82 Å². The lowest BCUT2D eigenvalue weighted by molar-refractivity contribution is -0.135. The van der Waals surface area contributed by atoms with E-state index < -0.39 is 5.97 Å². The van der Waals surface area contributed by atoms with Crippen LogP contribution in [-0.2, 0) is 11.3 Å². The third kappa shape index (κ3) is 3.29. The van der Waals surface area contributed by atoms with E-state index in [1.54, 1.807) is 0 Å². The Morgan fingerprint density at radius 3 is 2.44 bits per heavy atom. The Hall–Kier alpha value is -2.41. The lowest BCUT2D eigenvalue weighted by Crippen LogP contribution is -2.21. The Bertz CT molecular complexity index is 515. The fourth-order valence-electron chi connectivity index (χ4n) is 1.41. The van der Waals surface area contributed by atoms with Gasteiger partial charge in [-0.2, -0.15) is 0 Å². The molecular formula is C11H11N5O2. The maximum absolute atomic E-state index is 10.3. The summed E-state index contributed by atoms with van der Waals surface area (Å²) in [5.74, 6) is -0.413. The molecular weight excluding hydrogens is 234 g/mol. The zero-order valence-electron chi connectivity index (χ0n) is 9.45. The lowest BCUT2D eigenvalue weighted by Gasteiger charge is -2.03. The first-order chi connectivity index (χ1) is 8.75. The first kappa shape index (κ1) is 12.1. The molecule has 1 heterocycles. The number of benzene rings is 1. The summed E-state index contributed by atoms with van der Waals surface area (Å²) in [5, 5.41) is 26.3. The summed E-state index contributed by atoms with van der Waals surface area (Å²) in [6, 6.07) is 7.44. The number of rotatable bonds is 5. The van der Waals surface area contributed by atoms with Crippen molar-refractivity contribution in [2.75, 3.05) is 6.54 Å². The van der Waals surface area contributed by atoms with Crippen molar-refractivity contribution in [1.82, 2.24) is 25.7 Å². The van der Waals surface area contributed by atoms with E-state index in [1.807, 2.05) is 24.3 Å². The van der Waals surface area contributed by atoms with Gasteiger partial charge in [0.25, 0.3) is 0 Å². The second kappa shape index (κ2) is 5.78. The zero-order valence-corrected chi connectivity index (χ0v) is 9.45. The van der Waals surface area contributed by atoms with E-state index in [9.17, 15) is 4.79 Å². The Labute approximate surface area is 103 Å². The highest BCUT2D eigenvalue weighted by molar-refractivity contribution is 5.69. The van der Waals surface area contributed by atoms with E-state index in [-0.39, 0.29) is 6.54 Å². The lowest BCUT2D eigenvalue weighted by atomic mass is 10.1. The van der Waals surface area contributed by atoms with Crippen LogP contribution in [0.2, 0.25) is 0 Å². The average Bonchev–Trinajstić information content (AvgIpc) is 2.40. The van der Waals surface area contributed by atoms with Crippen molar-refractivity contribution >= 4 is 5.97 Å². The van der Waals surface area contributed by atoms with E-state index >= 15 is 0 Å². The van der Waals surface area contributed by atoms with Gasteiger partial charge in [-0.25, -0.2) is 0 Å². The number of carboxylic acid groups (broad SMARTS) is 1. The Morgan fingerprint density at radius 1 is 1.17 bits per heavy atom. The van der Waals surface area contributed by atoms with Crippen molar-refractivity contribution in [1.29, 1.82) is 0 Å². The molecule has 2 aromatic rings. The minimum atomic E-state index is -0.874. The van der Waals surface area contributed by atoms with Gasteiger partial charge in [-0.1, -0.05) is 24.3 Å². The molecule has 0 unspecified atom stereocenters. The molecule has 0 amide bonds. The predicted octanol–water partition coefficient (Wildman–Crippen LogP) is 0.108. The molecule has 0 aliphatic heterocycles. The van der Waals surface area contributed by atoms with E-state index in [4.69, 9.17) is 5.11 Å². The maximum atomic E-state index is 10.3. The highest BCUT2D eigenvalue weighted by Gasteiger charge is 2.02. The molecule has 0 aliphatic carbocycles. The van der Waals surface area contributed by atoms with Crippen molar-refractivity contribution in [2.24, 2.45) is 0 Å². The number of carboxylic acids is 1. The summed E-state index contributed by atoms with van der Waals surface area (Å²) in [7, 11) is 0. The van der Waals surface area contributed by atoms with Gasteiger partial charge in [0.05, 0.1) is 6.54 Å². The first-order valence-electron chi connectivity index (χ1n) is 5.28. The minimum Gasteiger partial charge on any atom is -0.480 e. The van der Waals surface area contributed by atoms with Crippen LogP contribution in [0.25, 0.3) is 11.4 Å². The van der Waals surface area contributed by atoms with Crippen LogP contribution >= 0.6 is 0 Å². The van der Waals surface area contributed by atoms with Gasteiger partial charge >= 0.3 is 5.97 Å². The molecule has 7 nitrogen and oxygen atoms in total. The van der Waals surface area contributed by atoms with Crippen molar-refractivity contribution in [3.05, 3.63) is 36.2 Å². The molecule has 0 bridgehead atoms. The Kier molecular flexibility index (Phi) is 3.87. The summed E-state index contributed by atoms with van der Waals surface area (Å²) in [5.41, 5.74) is 1.80. The minimum absolute atomic E-state index is 0.0581. The number of nitrogens with one attached hydrogen (secondary N) is 1. The molecule has 0 fully saturated rings. The molecule has 0 atom stereocenters. The number of hydrogen-bond donors (Lipinski definition) is 2. The average molecular weight is 245 g/mol. The second-order valence-corrected chi connectivity index (χ2v) is 3.56. The quantitative estimate of drug-likeness (QED) is 0.770. The molecule has 0 saturated carbocycles. The first-order valence-corrected chi connectivity index (χ1v) is 5.28. The van der Waals surface area contributed by atoms with E-state index in [1.165, 1.54) is 6.33 Å². The largest absolute Gasteiger partial charge is 0.480 e. The van der Waals surface area contributed by atoms with Crippen molar-refractivity contribution < 1.29 is 9.90 Å². The van der Waals surface area contributed by atoms with Gasteiger partial charge in [-0.3, -0.25) is 4.79 Å². The molecule has 1 aromatic carbocycles. The number of nitrogens with zero attached hydrogens (tertiary/aromatic N) is 4. The maximum Gasteiger partial charge on any atom is 0.317 e. The van der Waals surface area contributed by atoms with Crippen molar-refractivity contribution in [3.63, 3.8) is 0 Å². The molecule has 0 radical (unpaired) electrons. The second-order valence-electron chi connectivity index (χ2n) is 3.56. The highest BCUT2D eigenvalue weighted by Crippen LogP contribution is 2.13. The van der Waals surface area contributed by atoms with Gasteiger partial charge < -0.3 is 10.4 Å². The SMILES string of the molecule is O=C(O)CNCc1ccc(-c2nncnn2)cc1. The fourth-order valence-corrected chi connectivity index (χ4v) is 1.41. The van der Waals surface area contributed by atoms with Gasteiger partial charge in [-0.05, 0) is 5.56 Å². The summed E-state index contributed by atoms with van der Waals surface area (Å²) in [6.45, 7) is 0.441. The third-order valence-electron chi connectivity index (χ3n) is 2.23. The van der Waals surface area contributed by atoms with Crippen LogP contribution in [0.5, 0.6) is 0 Å². The van der Waals surface area contributed by atoms with Crippen LogP contribution in [0.15, 0.2) is 30.6 Å². The smallest absolute Gasteiger partial charge is 0.317 e. The fraction of sp³-hybridized carbons (Fsp3) is 0.182. The Morgan fingerprint density at radius 2 is 1.83 bits per heavy atom. The number of aromatic nitrogens is 4. The van der Waals surface area contributed by atoms with E-state index in [0.29, 0.717) is 12.4 Å². The number of hydrogen-bond acceptors (Lipinski definition) is 6. The standard InChI is InChI=1S/C11H11N5O2/c17-10(18)6-12-5-8-1-3-9(4-2-8)11-15-13-7-14-16-11/h1-4,7,12H,5-6H2,(H,17,18). The number of carbonyl (C=O) groups is 1. The predicted molar refractivity (Wildman–Crippen MR) is 62.4 cm³/mol. The van der Waals surface area contributed by atoms with Crippen LogP contribution in [0, 0.1) is 0 Å². The molecule has 92 valence electrons. The molecule has 0 aliphatic rings. The van der Waals surface area contributed by atoms with Crippen LogP contribution in [-0.4, -0.2) is 38.0 Å². The zero-order chi connectivity index (χ0) is 12.8. The van der Waals surface area contributed by atoms with Crippen LogP contribution in [0.4, 0.5) is 0 Å². The van der Waals surface area contributed by atoms with Gasteiger partial charge in [0.1, 0.15) is 0 Å². The van der Waals surface area contributed by atoms with E-state index in [0.717, 1.165) is 11.1 Å². The molecule has 2 rings (SSSR count).